The van der Waals surface area contributed by atoms with E-state index in [1.165, 1.54) is 6.20 Å². The molecule has 0 fully saturated rings. The molecule has 0 amide bonds. The Morgan fingerprint density at radius 2 is 2.16 bits per heavy atom. The molecule has 1 heterocycles. The number of hydrogen-bond acceptors (Lipinski definition) is 3. The molecule has 0 bridgehead atoms. The minimum atomic E-state index is -3.64. The van der Waals surface area contributed by atoms with Crippen LogP contribution in [0.15, 0.2) is 33.9 Å². The average molecular weight is 344 g/mol. The van der Waals surface area contributed by atoms with Crippen molar-refractivity contribution in [2.45, 2.75) is 25.3 Å². The Morgan fingerprint density at radius 1 is 1.42 bits per heavy atom. The minimum Gasteiger partial charge on any atom is -0.332 e. The molecule has 7 heteroatoms. The van der Waals surface area contributed by atoms with Gasteiger partial charge in [0.1, 0.15) is 5.82 Å². The van der Waals surface area contributed by atoms with Gasteiger partial charge in [0.05, 0.1) is 11.9 Å². The van der Waals surface area contributed by atoms with Crippen LogP contribution in [0.1, 0.15) is 18.3 Å². The third-order valence-corrected chi connectivity index (χ3v) is 4.99. The number of aromatic nitrogens is 2. The van der Waals surface area contributed by atoms with Crippen LogP contribution in [0.3, 0.4) is 0 Å². The van der Waals surface area contributed by atoms with Crippen LogP contribution in [-0.2, 0) is 16.4 Å². The summed E-state index contributed by atoms with van der Waals surface area (Å²) < 4.78 is 27.6. The van der Waals surface area contributed by atoms with Crippen molar-refractivity contribution in [1.82, 2.24) is 9.97 Å². The first-order chi connectivity index (χ1) is 8.94. The van der Waals surface area contributed by atoms with Crippen molar-refractivity contribution in [2.75, 3.05) is 4.72 Å². The molecule has 0 saturated heterocycles. The Hall–Kier alpha value is -1.34. The predicted octanol–water partition coefficient (Wildman–Crippen LogP) is 2.84. The number of halogens is 1. The van der Waals surface area contributed by atoms with Gasteiger partial charge < -0.3 is 4.98 Å². The number of anilines is 1. The van der Waals surface area contributed by atoms with Crippen molar-refractivity contribution >= 4 is 31.6 Å². The highest BCUT2D eigenvalue weighted by Crippen LogP contribution is 2.27. The molecule has 0 unspecified atom stereocenters. The van der Waals surface area contributed by atoms with E-state index in [9.17, 15) is 8.42 Å². The summed E-state index contributed by atoms with van der Waals surface area (Å²) in [6.45, 7) is 3.80. The molecule has 2 rings (SSSR count). The summed E-state index contributed by atoms with van der Waals surface area (Å²) in [6, 6.07) is 5.39. The molecule has 2 N–H and O–H groups in total. The summed E-state index contributed by atoms with van der Waals surface area (Å²) >= 11 is 3.37. The molecule has 102 valence electrons. The number of aryl methyl sites for hydroxylation is 2. The van der Waals surface area contributed by atoms with Crippen LogP contribution >= 0.6 is 15.9 Å². The monoisotopic (exact) mass is 343 g/mol. The zero-order valence-electron chi connectivity index (χ0n) is 10.6. The highest BCUT2D eigenvalue weighted by atomic mass is 79.9. The lowest BCUT2D eigenvalue weighted by molar-refractivity contribution is 0.598. The Kier molecular flexibility index (Phi) is 3.96. The van der Waals surface area contributed by atoms with E-state index in [4.69, 9.17) is 0 Å². The van der Waals surface area contributed by atoms with Crippen LogP contribution in [0.4, 0.5) is 5.69 Å². The zero-order valence-corrected chi connectivity index (χ0v) is 13.0. The number of benzene rings is 1. The van der Waals surface area contributed by atoms with E-state index >= 15 is 0 Å². The molecule has 0 aliphatic carbocycles. The first-order valence-corrected chi connectivity index (χ1v) is 8.03. The maximum absolute atomic E-state index is 12.2. The normalized spacial score (nSPS) is 11.5. The van der Waals surface area contributed by atoms with Gasteiger partial charge in [0, 0.05) is 10.9 Å². The Balaban J connectivity index is 2.33. The SMILES string of the molecule is CCc1ncc(S(=O)(=O)Nc2cccc(C)c2Br)[nH]1. The maximum Gasteiger partial charge on any atom is 0.279 e. The Morgan fingerprint density at radius 3 is 2.79 bits per heavy atom. The van der Waals surface area contributed by atoms with E-state index < -0.39 is 10.0 Å². The van der Waals surface area contributed by atoms with Crippen molar-refractivity contribution in [3.8, 4) is 0 Å². The number of aromatic amines is 1. The largest absolute Gasteiger partial charge is 0.332 e. The topological polar surface area (TPSA) is 74.8 Å². The smallest absolute Gasteiger partial charge is 0.279 e. The molecule has 0 aliphatic heterocycles. The highest BCUT2D eigenvalue weighted by molar-refractivity contribution is 9.10. The van der Waals surface area contributed by atoms with E-state index in [1.54, 1.807) is 12.1 Å². The molecule has 0 atom stereocenters. The van der Waals surface area contributed by atoms with Crippen LogP contribution in [0, 0.1) is 6.92 Å². The summed E-state index contributed by atoms with van der Waals surface area (Å²) in [4.78, 5) is 6.78. The number of imidazole rings is 1. The van der Waals surface area contributed by atoms with Gasteiger partial charge in [-0.3, -0.25) is 4.72 Å². The fraction of sp³-hybridized carbons (Fsp3) is 0.250. The van der Waals surface area contributed by atoms with Crippen LogP contribution < -0.4 is 4.72 Å². The number of nitrogens with zero attached hydrogens (tertiary/aromatic N) is 1. The summed E-state index contributed by atoms with van der Waals surface area (Å²) in [5.74, 6) is 0.642. The average Bonchev–Trinajstić information content (AvgIpc) is 2.84. The molecule has 0 aliphatic rings. The van der Waals surface area contributed by atoms with E-state index in [0.717, 1.165) is 10.0 Å². The fourth-order valence-corrected chi connectivity index (χ4v) is 3.09. The van der Waals surface area contributed by atoms with Gasteiger partial charge in [-0.05, 0) is 34.5 Å². The van der Waals surface area contributed by atoms with E-state index in [-0.39, 0.29) is 5.03 Å². The van der Waals surface area contributed by atoms with Gasteiger partial charge in [-0.15, -0.1) is 0 Å². The van der Waals surface area contributed by atoms with Gasteiger partial charge in [-0.25, -0.2) is 4.98 Å². The Bertz CT molecular complexity index is 695. The second-order valence-corrected chi connectivity index (χ2v) is 6.53. The first kappa shape index (κ1) is 14.1. The van der Waals surface area contributed by atoms with E-state index in [2.05, 4.69) is 30.6 Å². The van der Waals surface area contributed by atoms with Crippen molar-refractivity contribution in [3.63, 3.8) is 0 Å². The number of nitrogens with one attached hydrogen (secondary N) is 2. The van der Waals surface area contributed by atoms with Gasteiger partial charge in [0.25, 0.3) is 10.0 Å². The molecule has 1 aromatic carbocycles. The third kappa shape index (κ3) is 2.98. The molecule has 1 aromatic heterocycles. The van der Waals surface area contributed by atoms with Crippen LogP contribution in [-0.4, -0.2) is 18.4 Å². The fourth-order valence-electron chi connectivity index (χ4n) is 1.59. The van der Waals surface area contributed by atoms with Crippen molar-refractivity contribution < 1.29 is 8.42 Å². The minimum absolute atomic E-state index is 0.0674. The lowest BCUT2D eigenvalue weighted by Gasteiger charge is -2.09. The van der Waals surface area contributed by atoms with E-state index in [1.807, 2.05) is 19.9 Å². The lowest BCUT2D eigenvalue weighted by Crippen LogP contribution is -2.14. The lowest BCUT2D eigenvalue weighted by atomic mass is 10.2. The molecule has 0 saturated carbocycles. The van der Waals surface area contributed by atoms with Gasteiger partial charge in [-0.2, -0.15) is 8.42 Å². The van der Waals surface area contributed by atoms with Crippen molar-refractivity contribution in [3.05, 3.63) is 40.3 Å². The molecule has 0 spiro atoms. The van der Waals surface area contributed by atoms with Crippen LogP contribution in [0.25, 0.3) is 0 Å². The molecule has 19 heavy (non-hydrogen) atoms. The summed E-state index contributed by atoms with van der Waals surface area (Å²) in [5, 5.41) is 0.0674. The molecule has 2 aromatic rings. The second kappa shape index (κ2) is 5.34. The summed E-state index contributed by atoms with van der Waals surface area (Å²) in [7, 11) is -3.64. The molecular formula is C12H14BrN3O2S. The number of rotatable bonds is 4. The van der Waals surface area contributed by atoms with Crippen molar-refractivity contribution in [2.24, 2.45) is 0 Å². The van der Waals surface area contributed by atoms with Crippen molar-refractivity contribution in [1.29, 1.82) is 0 Å². The van der Waals surface area contributed by atoms with E-state index in [0.29, 0.717) is 17.9 Å². The van der Waals surface area contributed by atoms with Gasteiger partial charge in [0.15, 0.2) is 5.03 Å². The number of sulfonamides is 1. The number of hydrogen-bond donors (Lipinski definition) is 2. The van der Waals surface area contributed by atoms with Gasteiger partial charge in [-0.1, -0.05) is 19.1 Å². The quantitative estimate of drug-likeness (QED) is 0.896. The Labute approximate surface area is 120 Å². The molecular weight excluding hydrogens is 330 g/mol. The van der Waals surface area contributed by atoms with Crippen LogP contribution in [0.5, 0.6) is 0 Å². The summed E-state index contributed by atoms with van der Waals surface area (Å²) in [6.07, 6.45) is 1.98. The maximum atomic E-state index is 12.2. The second-order valence-electron chi connectivity index (χ2n) is 4.09. The predicted molar refractivity (Wildman–Crippen MR) is 77.7 cm³/mol. The van der Waals surface area contributed by atoms with Crippen LogP contribution in [0.2, 0.25) is 0 Å². The zero-order chi connectivity index (χ0) is 14.0. The first-order valence-electron chi connectivity index (χ1n) is 5.76. The van der Waals surface area contributed by atoms with Gasteiger partial charge >= 0.3 is 0 Å². The standard InChI is InChI=1S/C12H14BrN3O2S/c1-3-10-14-7-11(15-10)19(17,18)16-9-6-4-5-8(2)12(9)13/h4-7,16H,3H2,1-2H3,(H,14,15). The highest BCUT2D eigenvalue weighted by Gasteiger charge is 2.18. The summed E-state index contributed by atoms with van der Waals surface area (Å²) in [5.41, 5.74) is 1.46. The van der Waals surface area contributed by atoms with Gasteiger partial charge in [0.2, 0.25) is 0 Å². The third-order valence-electron chi connectivity index (χ3n) is 2.67. The molecule has 0 radical (unpaired) electrons. The number of H-pyrrole nitrogens is 1. The molecule has 5 nitrogen and oxygen atoms in total.